The highest BCUT2D eigenvalue weighted by Crippen LogP contribution is 2.09. The van der Waals surface area contributed by atoms with Crippen LogP contribution in [0.15, 0.2) is 0 Å². The first kappa shape index (κ1) is 14.9. The van der Waals surface area contributed by atoms with Crippen LogP contribution in [-0.4, -0.2) is 48.9 Å². The number of hydrogen-bond acceptors (Lipinski definition) is 4. The predicted octanol–water partition coefficient (Wildman–Crippen LogP) is -0.963. The minimum atomic E-state index is -0.832. The normalized spacial score (nSPS) is 19.4. The van der Waals surface area contributed by atoms with Gasteiger partial charge in [-0.3, -0.25) is 9.59 Å². The van der Waals surface area contributed by atoms with E-state index < -0.39 is 11.9 Å². The van der Waals surface area contributed by atoms with Gasteiger partial charge in [-0.1, -0.05) is 6.92 Å². The van der Waals surface area contributed by atoms with Crippen molar-refractivity contribution in [2.75, 3.05) is 26.2 Å². The SMILES string of the molecule is CC(CNC(=O)C(N)CC(N)=O)CN1CCCC1. The van der Waals surface area contributed by atoms with Gasteiger partial charge in [-0.05, 0) is 31.8 Å². The van der Waals surface area contributed by atoms with Crippen molar-refractivity contribution in [1.29, 1.82) is 0 Å². The number of nitrogens with one attached hydrogen (secondary N) is 1. The first-order chi connectivity index (χ1) is 8.49. The van der Waals surface area contributed by atoms with Crippen molar-refractivity contribution >= 4 is 11.8 Å². The standard InChI is InChI=1S/C12H24N4O2/c1-9(8-16-4-2-3-5-16)7-15-12(18)10(13)6-11(14)17/h9-10H,2-8,13H2,1H3,(H2,14,17)(H,15,18). The van der Waals surface area contributed by atoms with Crippen molar-refractivity contribution in [2.24, 2.45) is 17.4 Å². The first-order valence-corrected chi connectivity index (χ1v) is 6.53. The molecule has 1 heterocycles. The molecule has 2 unspecified atom stereocenters. The molecule has 0 aromatic carbocycles. The second kappa shape index (κ2) is 7.33. The van der Waals surface area contributed by atoms with E-state index in [0.717, 1.165) is 19.6 Å². The molecule has 1 rings (SSSR count). The summed E-state index contributed by atoms with van der Waals surface area (Å²) in [5.74, 6) is -0.474. The lowest BCUT2D eigenvalue weighted by Crippen LogP contribution is -2.45. The van der Waals surface area contributed by atoms with Gasteiger partial charge in [0.1, 0.15) is 0 Å². The third kappa shape index (κ3) is 5.46. The Morgan fingerprint density at radius 3 is 2.50 bits per heavy atom. The number of amides is 2. The molecule has 6 heteroatoms. The minimum absolute atomic E-state index is 0.105. The second-order valence-electron chi connectivity index (χ2n) is 5.13. The van der Waals surface area contributed by atoms with Crippen LogP contribution in [0.2, 0.25) is 0 Å². The molecule has 0 saturated carbocycles. The molecule has 1 aliphatic heterocycles. The van der Waals surface area contributed by atoms with Gasteiger partial charge >= 0.3 is 0 Å². The quantitative estimate of drug-likeness (QED) is 0.546. The molecule has 0 aromatic rings. The fourth-order valence-electron chi connectivity index (χ4n) is 2.19. The van der Waals surface area contributed by atoms with Crippen LogP contribution >= 0.6 is 0 Å². The van der Waals surface area contributed by atoms with Crippen LogP contribution in [0.3, 0.4) is 0 Å². The fourth-order valence-corrected chi connectivity index (χ4v) is 2.19. The van der Waals surface area contributed by atoms with Crippen molar-refractivity contribution in [3.05, 3.63) is 0 Å². The Bertz CT molecular complexity index is 290. The average molecular weight is 256 g/mol. The Morgan fingerprint density at radius 2 is 1.94 bits per heavy atom. The molecule has 1 saturated heterocycles. The topological polar surface area (TPSA) is 101 Å². The monoisotopic (exact) mass is 256 g/mol. The maximum atomic E-state index is 11.6. The van der Waals surface area contributed by atoms with E-state index >= 15 is 0 Å². The van der Waals surface area contributed by atoms with Crippen molar-refractivity contribution in [1.82, 2.24) is 10.2 Å². The molecule has 0 radical (unpaired) electrons. The highest BCUT2D eigenvalue weighted by atomic mass is 16.2. The number of hydrogen-bond donors (Lipinski definition) is 3. The zero-order chi connectivity index (χ0) is 13.5. The number of rotatable bonds is 7. The Balaban J connectivity index is 2.18. The average Bonchev–Trinajstić information content (AvgIpc) is 2.77. The summed E-state index contributed by atoms with van der Waals surface area (Å²) in [6.45, 7) is 5.98. The summed E-state index contributed by atoms with van der Waals surface area (Å²) in [5, 5.41) is 2.76. The predicted molar refractivity (Wildman–Crippen MR) is 69.6 cm³/mol. The van der Waals surface area contributed by atoms with Gasteiger partial charge in [0.2, 0.25) is 11.8 Å². The van der Waals surface area contributed by atoms with Gasteiger partial charge in [0.15, 0.2) is 0 Å². The first-order valence-electron chi connectivity index (χ1n) is 6.53. The van der Waals surface area contributed by atoms with Gasteiger partial charge in [0.05, 0.1) is 12.5 Å². The largest absolute Gasteiger partial charge is 0.370 e. The molecule has 104 valence electrons. The summed E-state index contributed by atoms with van der Waals surface area (Å²) in [6.07, 6.45) is 2.43. The van der Waals surface area contributed by atoms with Crippen LogP contribution in [0.1, 0.15) is 26.2 Å². The summed E-state index contributed by atoms with van der Waals surface area (Å²) in [7, 11) is 0. The van der Waals surface area contributed by atoms with Crippen LogP contribution in [0, 0.1) is 5.92 Å². The zero-order valence-electron chi connectivity index (χ0n) is 11.0. The Kier molecular flexibility index (Phi) is 6.07. The third-order valence-corrected chi connectivity index (χ3v) is 3.15. The Labute approximate surface area is 108 Å². The van der Waals surface area contributed by atoms with Gasteiger partial charge in [0.25, 0.3) is 0 Å². The molecular formula is C12H24N4O2. The molecule has 0 aliphatic carbocycles. The maximum absolute atomic E-state index is 11.6. The Hall–Kier alpha value is -1.14. The molecule has 6 nitrogen and oxygen atoms in total. The van der Waals surface area contributed by atoms with E-state index in [0.29, 0.717) is 12.5 Å². The lowest BCUT2D eigenvalue weighted by atomic mass is 10.1. The Morgan fingerprint density at radius 1 is 1.33 bits per heavy atom. The third-order valence-electron chi connectivity index (χ3n) is 3.15. The van der Waals surface area contributed by atoms with E-state index in [1.807, 2.05) is 0 Å². The van der Waals surface area contributed by atoms with E-state index in [2.05, 4.69) is 17.1 Å². The van der Waals surface area contributed by atoms with Gasteiger partial charge in [-0.15, -0.1) is 0 Å². The fraction of sp³-hybridized carbons (Fsp3) is 0.833. The molecule has 5 N–H and O–H groups in total. The molecule has 18 heavy (non-hydrogen) atoms. The highest BCUT2D eigenvalue weighted by molar-refractivity contribution is 5.87. The number of likely N-dealkylation sites (tertiary alicyclic amines) is 1. The zero-order valence-corrected chi connectivity index (χ0v) is 11.0. The van der Waals surface area contributed by atoms with Crippen LogP contribution < -0.4 is 16.8 Å². The number of primary amides is 1. The number of nitrogens with zero attached hydrogens (tertiary/aromatic N) is 1. The van der Waals surface area contributed by atoms with Gasteiger partial charge in [-0.2, -0.15) is 0 Å². The van der Waals surface area contributed by atoms with E-state index in [9.17, 15) is 9.59 Å². The van der Waals surface area contributed by atoms with Crippen LogP contribution in [0.4, 0.5) is 0 Å². The van der Waals surface area contributed by atoms with Crippen LogP contribution in [0.5, 0.6) is 0 Å². The highest BCUT2D eigenvalue weighted by Gasteiger charge is 2.18. The molecule has 0 spiro atoms. The van der Waals surface area contributed by atoms with Gasteiger partial charge < -0.3 is 21.7 Å². The van der Waals surface area contributed by atoms with E-state index in [-0.39, 0.29) is 12.3 Å². The molecule has 1 fully saturated rings. The van der Waals surface area contributed by atoms with Gasteiger partial charge in [-0.25, -0.2) is 0 Å². The van der Waals surface area contributed by atoms with E-state index in [4.69, 9.17) is 11.5 Å². The summed E-state index contributed by atoms with van der Waals surface area (Å²) in [5.41, 5.74) is 10.5. The number of nitrogens with two attached hydrogens (primary N) is 2. The second-order valence-corrected chi connectivity index (χ2v) is 5.13. The molecular weight excluding hydrogens is 232 g/mol. The van der Waals surface area contributed by atoms with E-state index in [1.54, 1.807) is 0 Å². The van der Waals surface area contributed by atoms with Gasteiger partial charge in [0, 0.05) is 13.1 Å². The lowest BCUT2D eigenvalue weighted by Gasteiger charge is -2.21. The summed E-state index contributed by atoms with van der Waals surface area (Å²) in [4.78, 5) is 24.6. The summed E-state index contributed by atoms with van der Waals surface area (Å²) < 4.78 is 0. The number of carbonyl (C=O) groups excluding carboxylic acids is 2. The smallest absolute Gasteiger partial charge is 0.237 e. The van der Waals surface area contributed by atoms with Crippen LogP contribution in [-0.2, 0) is 9.59 Å². The van der Waals surface area contributed by atoms with Crippen molar-refractivity contribution < 1.29 is 9.59 Å². The lowest BCUT2D eigenvalue weighted by molar-refractivity contribution is -0.126. The van der Waals surface area contributed by atoms with E-state index in [1.165, 1.54) is 12.8 Å². The number of carbonyl (C=O) groups is 2. The van der Waals surface area contributed by atoms with Crippen molar-refractivity contribution in [3.63, 3.8) is 0 Å². The summed E-state index contributed by atoms with van der Waals surface area (Å²) >= 11 is 0. The molecule has 1 aliphatic rings. The summed E-state index contributed by atoms with van der Waals surface area (Å²) in [6, 6.07) is -0.832. The van der Waals surface area contributed by atoms with Crippen molar-refractivity contribution in [2.45, 2.75) is 32.2 Å². The maximum Gasteiger partial charge on any atom is 0.237 e. The van der Waals surface area contributed by atoms with Crippen molar-refractivity contribution in [3.8, 4) is 0 Å². The minimum Gasteiger partial charge on any atom is -0.370 e. The molecule has 0 bridgehead atoms. The molecule has 2 atom stereocenters. The van der Waals surface area contributed by atoms with Crippen LogP contribution in [0.25, 0.3) is 0 Å². The molecule has 0 aromatic heterocycles. The molecule has 2 amide bonds.